The van der Waals surface area contributed by atoms with Gasteiger partial charge in [0.2, 0.25) is 5.60 Å². The molecule has 1 aliphatic rings. The molecule has 0 unspecified atom stereocenters. The van der Waals surface area contributed by atoms with Crippen LogP contribution in [0.3, 0.4) is 0 Å². The number of benzene rings is 3. The number of ether oxygens (including phenoxy) is 3. The number of hydrogen-bond donors (Lipinski definition) is 3. The van der Waals surface area contributed by atoms with Gasteiger partial charge in [-0.1, -0.05) is 37.3 Å². The zero-order valence-electron chi connectivity index (χ0n) is 27.3. The minimum Gasteiger partial charge on any atom is -0.493 e. The number of nitrogens with one attached hydrogen (secondary N) is 1. The maximum absolute atomic E-state index is 15.0. The molecule has 0 aliphatic carbocycles. The van der Waals surface area contributed by atoms with E-state index < -0.39 is 47.3 Å². The monoisotopic (exact) mass is 682 g/mol. The van der Waals surface area contributed by atoms with Crippen molar-refractivity contribution in [1.82, 2.24) is 10.3 Å². The van der Waals surface area contributed by atoms with Crippen molar-refractivity contribution >= 4 is 5.78 Å². The average Bonchev–Trinajstić information content (AvgIpc) is 3.44. The summed E-state index contributed by atoms with van der Waals surface area (Å²) in [5, 5.41) is 24.0. The fourth-order valence-electron chi connectivity index (χ4n) is 5.81. The molecule has 0 bridgehead atoms. The molecule has 260 valence electrons. The molecule has 0 fully saturated rings. The Balaban J connectivity index is 1.51. The van der Waals surface area contributed by atoms with Crippen LogP contribution >= 0.6 is 0 Å². The van der Waals surface area contributed by atoms with Crippen molar-refractivity contribution < 1.29 is 46.8 Å². The van der Waals surface area contributed by atoms with E-state index in [9.17, 15) is 27.5 Å². The van der Waals surface area contributed by atoms with E-state index in [4.69, 9.17) is 19.3 Å². The maximum Gasteiger partial charge on any atom is 0.422 e. The van der Waals surface area contributed by atoms with Crippen molar-refractivity contribution in [1.29, 1.82) is 0 Å². The van der Waals surface area contributed by atoms with E-state index in [1.165, 1.54) is 43.5 Å². The first-order valence-electron chi connectivity index (χ1n) is 15.8. The summed E-state index contributed by atoms with van der Waals surface area (Å²) in [7, 11) is 1.34. The number of aliphatic hydroxyl groups is 2. The van der Waals surface area contributed by atoms with Crippen molar-refractivity contribution in [2.24, 2.45) is 0 Å². The highest BCUT2D eigenvalue weighted by Crippen LogP contribution is 2.49. The Bertz CT molecular complexity index is 1770. The second-order valence-electron chi connectivity index (χ2n) is 12.3. The van der Waals surface area contributed by atoms with Crippen molar-refractivity contribution in [3.63, 3.8) is 0 Å². The van der Waals surface area contributed by atoms with Crippen LogP contribution in [0.5, 0.6) is 17.2 Å². The molecule has 3 N–H and O–H groups in total. The second-order valence-corrected chi connectivity index (χ2v) is 12.3. The normalized spacial score (nSPS) is 17.5. The highest BCUT2D eigenvalue weighted by Gasteiger charge is 2.57. The summed E-state index contributed by atoms with van der Waals surface area (Å²) in [6.45, 7) is 3.96. The van der Waals surface area contributed by atoms with Crippen LogP contribution in [0.25, 0.3) is 11.3 Å². The Morgan fingerprint density at radius 1 is 1.06 bits per heavy atom. The first kappa shape index (κ1) is 35.8. The van der Waals surface area contributed by atoms with Gasteiger partial charge in [0, 0.05) is 41.1 Å². The zero-order chi connectivity index (χ0) is 35.4. The molecule has 12 heteroatoms. The number of rotatable bonds is 14. The van der Waals surface area contributed by atoms with Gasteiger partial charge in [-0.05, 0) is 67.4 Å². The predicted octanol–water partition coefficient (Wildman–Crippen LogP) is 6.68. The Kier molecular flexibility index (Phi) is 10.6. The minimum atomic E-state index is -5.23. The van der Waals surface area contributed by atoms with Gasteiger partial charge < -0.3 is 29.7 Å². The molecule has 0 saturated carbocycles. The second kappa shape index (κ2) is 14.5. The maximum atomic E-state index is 15.0. The summed E-state index contributed by atoms with van der Waals surface area (Å²) in [5.74, 6) is -0.584. The molecule has 4 aromatic rings. The fourth-order valence-corrected chi connectivity index (χ4v) is 5.81. The lowest BCUT2D eigenvalue weighted by Crippen LogP contribution is -2.44. The van der Waals surface area contributed by atoms with Crippen LogP contribution in [0.15, 0.2) is 78.9 Å². The molecule has 1 aliphatic heterocycles. The molecule has 3 aromatic carbocycles. The summed E-state index contributed by atoms with van der Waals surface area (Å²) < 4.78 is 75.4. The summed E-state index contributed by atoms with van der Waals surface area (Å²) in [4.78, 5) is 17.5. The summed E-state index contributed by atoms with van der Waals surface area (Å²) in [6.07, 6.45) is -6.95. The van der Waals surface area contributed by atoms with E-state index in [0.29, 0.717) is 17.7 Å². The van der Waals surface area contributed by atoms with E-state index >= 15 is 0 Å². The summed E-state index contributed by atoms with van der Waals surface area (Å²) in [6, 6.07) is 20.0. The third kappa shape index (κ3) is 7.56. The summed E-state index contributed by atoms with van der Waals surface area (Å²) in [5.41, 5.74) is -3.31. The third-order valence-electron chi connectivity index (χ3n) is 8.81. The van der Waals surface area contributed by atoms with Crippen molar-refractivity contribution in [2.45, 2.75) is 49.9 Å². The highest BCUT2D eigenvalue weighted by atomic mass is 19.4. The molecule has 0 saturated heterocycles. The largest absolute Gasteiger partial charge is 0.493 e. The molecular weight excluding hydrogens is 644 g/mol. The smallest absolute Gasteiger partial charge is 0.422 e. The molecule has 2 heterocycles. The first-order chi connectivity index (χ1) is 23.3. The van der Waals surface area contributed by atoms with Gasteiger partial charge >= 0.3 is 6.18 Å². The molecule has 1 aromatic heterocycles. The Hall–Kier alpha value is -4.52. The first-order valence-corrected chi connectivity index (χ1v) is 15.8. The highest BCUT2D eigenvalue weighted by molar-refractivity contribution is 5.96. The summed E-state index contributed by atoms with van der Waals surface area (Å²) >= 11 is 0. The standard InChI is InChI=1S/C37H38F4N2O6/c1-23(24-7-5-4-6-8-24)42-21-35(2)22-49-34-28(35)20-32(43-33(34)25-9-12-27(38)13-10-25)36(46,37(39,40)41)16-15-29(45)26-11-14-30(48-18-17-44)31(19-26)47-3/h4-14,19-20,23,42,44,46H,15-18,21-22H2,1-3H3/t23-,35+,36+/m0/s1. The van der Waals surface area contributed by atoms with Gasteiger partial charge in [-0.25, -0.2) is 9.37 Å². The number of ketones is 1. The molecule has 0 radical (unpaired) electrons. The molecule has 8 nitrogen and oxygen atoms in total. The van der Waals surface area contributed by atoms with Crippen LogP contribution in [0.1, 0.15) is 59.9 Å². The van der Waals surface area contributed by atoms with Gasteiger partial charge in [0.15, 0.2) is 17.3 Å². The number of Topliss-reactive ketones (excluding diaryl/α,β-unsaturated/α-hetero) is 1. The lowest BCUT2D eigenvalue weighted by Gasteiger charge is -2.32. The lowest BCUT2D eigenvalue weighted by atomic mass is 9.81. The van der Waals surface area contributed by atoms with Crippen molar-refractivity contribution in [3.8, 4) is 28.5 Å². The number of pyridine rings is 1. The number of halogens is 4. The van der Waals surface area contributed by atoms with Gasteiger partial charge in [0.1, 0.15) is 23.9 Å². The predicted molar refractivity (Wildman–Crippen MR) is 174 cm³/mol. The topological polar surface area (TPSA) is 110 Å². The Labute approximate surface area is 281 Å². The van der Waals surface area contributed by atoms with Crippen LogP contribution < -0.4 is 19.5 Å². The van der Waals surface area contributed by atoms with Crippen molar-refractivity contribution in [2.75, 3.05) is 33.5 Å². The number of aliphatic hydroxyl groups excluding tert-OH is 1. The van der Waals surface area contributed by atoms with Gasteiger partial charge in [0.25, 0.3) is 0 Å². The molecule has 0 amide bonds. The van der Waals surface area contributed by atoms with Crippen LogP contribution in [-0.2, 0) is 11.0 Å². The Morgan fingerprint density at radius 2 is 1.78 bits per heavy atom. The number of alkyl halides is 3. The van der Waals surface area contributed by atoms with Crippen LogP contribution in [0.2, 0.25) is 0 Å². The minimum absolute atomic E-state index is 0.0181. The Morgan fingerprint density at radius 3 is 2.43 bits per heavy atom. The number of carbonyl (C=O) groups excluding carboxylic acids is 1. The molecule has 49 heavy (non-hydrogen) atoms. The SMILES string of the molecule is COc1cc(C(=O)CC[C@@](O)(c2cc3c(c(-c4ccc(F)cc4)n2)OC[C@@]3(C)CN[C@@H](C)c2ccccc2)C(F)(F)F)ccc1OCCO. The van der Waals surface area contributed by atoms with Gasteiger partial charge in [-0.2, -0.15) is 13.2 Å². The number of nitrogens with zero attached hydrogens (tertiary/aromatic N) is 1. The van der Waals surface area contributed by atoms with E-state index in [2.05, 4.69) is 10.3 Å². The van der Waals surface area contributed by atoms with E-state index in [-0.39, 0.29) is 54.4 Å². The van der Waals surface area contributed by atoms with E-state index in [1.54, 1.807) is 0 Å². The van der Waals surface area contributed by atoms with Crippen LogP contribution in [0.4, 0.5) is 17.6 Å². The molecular formula is C37H38F4N2O6. The van der Waals surface area contributed by atoms with Crippen LogP contribution in [0, 0.1) is 5.82 Å². The van der Waals surface area contributed by atoms with Crippen molar-refractivity contribution in [3.05, 3.63) is 107 Å². The number of carbonyl (C=O) groups is 1. The molecule has 5 rings (SSSR count). The quantitative estimate of drug-likeness (QED) is 0.0999. The number of hydrogen-bond acceptors (Lipinski definition) is 8. The van der Waals surface area contributed by atoms with E-state index in [0.717, 1.165) is 17.7 Å². The van der Waals surface area contributed by atoms with Crippen LogP contribution in [-0.4, -0.2) is 60.6 Å². The van der Waals surface area contributed by atoms with Gasteiger partial charge in [-0.3, -0.25) is 4.79 Å². The van der Waals surface area contributed by atoms with Gasteiger partial charge in [0.05, 0.1) is 26.0 Å². The zero-order valence-corrected chi connectivity index (χ0v) is 27.3. The number of methoxy groups -OCH3 is 1. The lowest BCUT2D eigenvalue weighted by molar-refractivity contribution is -0.270. The molecule has 0 spiro atoms. The number of fused-ring (bicyclic) bond motifs is 1. The van der Waals surface area contributed by atoms with Gasteiger partial charge in [-0.15, -0.1) is 0 Å². The molecule has 3 atom stereocenters. The van der Waals surface area contributed by atoms with E-state index in [1.807, 2.05) is 44.2 Å². The fraction of sp³-hybridized carbons (Fsp3) is 0.351. The average molecular weight is 683 g/mol. The third-order valence-corrected chi connectivity index (χ3v) is 8.81. The number of aromatic nitrogens is 1.